The topological polar surface area (TPSA) is 137 Å². The number of carbonyl (C=O) groups excluding carboxylic acids is 4. The summed E-state index contributed by atoms with van der Waals surface area (Å²) in [5, 5.41) is 10.4. The summed E-state index contributed by atoms with van der Waals surface area (Å²) in [6.07, 6.45) is 6.09. The van der Waals surface area contributed by atoms with Gasteiger partial charge in [0.2, 0.25) is 5.91 Å². The third kappa shape index (κ3) is 10.1. The third-order valence-electron chi connectivity index (χ3n) is 8.19. The van der Waals surface area contributed by atoms with Gasteiger partial charge in [0.05, 0.1) is 24.6 Å². The first-order chi connectivity index (χ1) is 24.3. The highest BCUT2D eigenvalue weighted by molar-refractivity contribution is 5.99. The van der Waals surface area contributed by atoms with E-state index in [9.17, 15) is 19.2 Å². The maximum atomic E-state index is 13.0. The Morgan fingerprint density at radius 3 is 2.18 bits per heavy atom. The average molecular weight is 676 g/mol. The lowest BCUT2D eigenvalue weighted by Gasteiger charge is -2.16. The maximum absolute atomic E-state index is 13.0. The molecule has 0 fully saturated rings. The molecular formula is C40H41N3O7. The number of unbranched alkanes of at least 4 members (excludes halogenated alkanes) is 4. The molecule has 5 aromatic rings. The van der Waals surface area contributed by atoms with Crippen molar-refractivity contribution in [3.05, 3.63) is 119 Å². The Labute approximate surface area is 291 Å². The Bertz CT molecular complexity index is 1900. The molecule has 2 N–H and O–H groups in total. The minimum absolute atomic E-state index is 0.0337. The second kappa shape index (κ2) is 17.6. The Hall–Kier alpha value is -5.77. The molecule has 0 aliphatic carbocycles. The van der Waals surface area contributed by atoms with Crippen molar-refractivity contribution in [3.63, 3.8) is 0 Å². The number of hydrogen-bond acceptors (Lipinski definition) is 8. The van der Waals surface area contributed by atoms with Gasteiger partial charge in [-0.2, -0.15) is 0 Å². The van der Waals surface area contributed by atoms with Crippen molar-refractivity contribution in [1.82, 2.24) is 10.5 Å². The van der Waals surface area contributed by atoms with E-state index in [-0.39, 0.29) is 24.5 Å². The van der Waals surface area contributed by atoms with Crippen LogP contribution < -0.4 is 20.1 Å². The number of ether oxygens (including phenoxy) is 2. The number of hydrogen-bond donors (Lipinski definition) is 2. The summed E-state index contributed by atoms with van der Waals surface area (Å²) in [7, 11) is 0. The van der Waals surface area contributed by atoms with Gasteiger partial charge in [0.25, 0.3) is 5.91 Å². The van der Waals surface area contributed by atoms with Crippen molar-refractivity contribution in [2.24, 2.45) is 0 Å². The molecular weight excluding hydrogens is 634 g/mol. The molecule has 1 atom stereocenters. The molecule has 0 aliphatic rings. The number of amides is 2. The van der Waals surface area contributed by atoms with E-state index < -0.39 is 17.9 Å². The predicted octanol–water partition coefficient (Wildman–Crippen LogP) is 7.51. The molecule has 0 saturated heterocycles. The highest BCUT2D eigenvalue weighted by atomic mass is 16.5. The van der Waals surface area contributed by atoms with E-state index in [0.29, 0.717) is 46.2 Å². The number of fused-ring (bicyclic) bond motifs is 1. The number of carbonyl (C=O) groups is 4. The van der Waals surface area contributed by atoms with Crippen molar-refractivity contribution in [3.8, 4) is 11.5 Å². The lowest BCUT2D eigenvalue weighted by Crippen LogP contribution is -2.41. The fourth-order valence-corrected chi connectivity index (χ4v) is 5.34. The van der Waals surface area contributed by atoms with Gasteiger partial charge in [-0.25, -0.2) is 4.79 Å². The Balaban J connectivity index is 1.08. The van der Waals surface area contributed by atoms with Gasteiger partial charge >= 0.3 is 5.97 Å². The van der Waals surface area contributed by atoms with Gasteiger partial charge in [-0.1, -0.05) is 62.0 Å². The van der Waals surface area contributed by atoms with Gasteiger partial charge < -0.3 is 24.6 Å². The number of aromatic nitrogens is 1. The lowest BCUT2D eigenvalue weighted by atomic mass is 10.0. The number of nitrogens with one attached hydrogen (secondary N) is 2. The van der Waals surface area contributed by atoms with E-state index in [2.05, 4.69) is 22.7 Å². The quantitative estimate of drug-likeness (QED) is 0.0587. The van der Waals surface area contributed by atoms with Gasteiger partial charge in [-0.05, 0) is 98.1 Å². The number of ketones is 1. The summed E-state index contributed by atoms with van der Waals surface area (Å²) in [6.45, 7) is 4.25. The summed E-state index contributed by atoms with van der Waals surface area (Å²) in [5.74, 6) is -0.332. The number of benzene rings is 4. The molecule has 1 heterocycles. The molecule has 50 heavy (non-hydrogen) atoms. The normalized spacial score (nSPS) is 11.5. The third-order valence-corrected chi connectivity index (χ3v) is 8.19. The lowest BCUT2D eigenvalue weighted by molar-refractivity contribution is -0.119. The molecule has 0 aliphatic heterocycles. The number of anilines is 1. The number of nitrogens with zero attached hydrogens (tertiary/aromatic N) is 1. The van der Waals surface area contributed by atoms with E-state index >= 15 is 0 Å². The number of esters is 1. The van der Waals surface area contributed by atoms with Crippen molar-refractivity contribution in [2.75, 3.05) is 11.9 Å². The molecule has 0 bridgehead atoms. The molecule has 0 spiro atoms. The number of para-hydroxylation sites is 1. The fraction of sp³-hybridized carbons (Fsp3) is 0.275. The smallest absolute Gasteiger partial charge is 0.343 e. The van der Waals surface area contributed by atoms with Crippen molar-refractivity contribution < 1.29 is 33.2 Å². The summed E-state index contributed by atoms with van der Waals surface area (Å²) in [4.78, 5) is 50.8. The maximum Gasteiger partial charge on any atom is 0.343 e. The molecule has 1 aromatic heterocycles. The zero-order chi connectivity index (χ0) is 35.3. The summed E-state index contributed by atoms with van der Waals surface area (Å²) < 4.78 is 16.6. The molecule has 10 heteroatoms. The highest BCUT2D eigenvalue weighted by Gasteiger charge is 2.19. The largest absolute Gasteiger partial charge is 0.494 e. The number of Topliss-reactive ketones (excluding diaryl/α,β-unsaturated/α-hetero) is 1. The number of rotatable bonds is 17. The first kappa shape index (κ1) is 35.5. The zero-order valence-corrected chi connectivity index (χ0v) is 28.3. The van der Waals surface area contributed by atoms with Crippen LogP contribution in [0.15, 0.2) is 102 Å². The van der Waals surface area contributed by atoms with E-state index in [0.717, 1.165) is 23.8 Å². The Kier molecular flexibility index (Phi) is 12.5. The average Bonchev–Trinajstić information content (AvgIpc) is 3.53. The molecule has 0 unspecified atom stereocenters. The SMILES string of the molecule is CCCCCCCOc1ccc(C(=O)Oc2ccc(C[C@H](NC(=O)c3ccc(NC(=O)Cc4noc5ccccc45)cc3)C(C)=O)cc2)cc1. The molecule has 10 nitrogen and oxygen atoms in total. The first-order valence-corrected chi connectivity index (χ1v) is 16.9. The standard InChI is InChI=1S/C40H41N3O7/c1-3-4-5-6-9-24-48-32-22-16-30(17-23-32)40(47)49-33-20-12-28(13-21-33)25-35(27(2)44)42-39(46)29-14-18-31(19-15-29)41-38(45)26-36-34-10-7-8-11-37(34)50-43-36/h7-8,10-23,35H,3-6,9,24-26H2,1-2H3,(H,41,45)(H,42,46)/t35-/m0/s1. The van der Waals surface area contributed by atoms with Crippen LogP contribution in [0, 0.1) is 0 Å². The van der Waals surface area contributed by atoms with Gasteiger partial charge in [0, 0.05) is 16.6 Å². The van der Waals surface area contributed by atoms with E-state index in [1.54, 1.807) is 78.9 Å². The molecule has 4 aromatic carbocycles. The van der Waals surface area contributed by atoms with E-state index in [1.807, 2.05) is 18.2 Å². The minimum Gasteiger partial charge on any atom is -0.494 e. The summed E-state index contributed by atoms with van der Waals surface area (Å²) >= 11 is 0. The highest BCUT2D eigenvalue weighted by Crippen LogP contribution is 2.20. The molecule has 258 valence electrons. The van der Waals surface area contributed by atoms with Gasteiger partial charge in [0.1, 0.15) is 17.2 Å². The summed E-state index contributed by atoms with van der Waals surface area (Å²) in [5.41, 5.74) is 3.17. The molecule has 5 rings (SSSR count). The van der Waals surface area contributed by atoms with Crippen LogP contribution in [-0.2, 0) is 22.4 Å². The van der Waals surface area contributed by atoms with Crippen LogP contribution in [0.2, 0.25) is 0 Å². The van der Waals surface area contributed by atoms with Crippen LogP contribution in [-0.4, -0.2) is 41.4 Å². The second-order valence-corrected chi connectivity index (χ2v) is 12.1. The van der Waals surface area contributed by atoms with Crippen molar-refractivity contribution in [1.29, 1.82) is 0 Å². The van der Waals surface area contributed by atoms with Gasteiger partial charge in [-0.15, -0.1) is 0 Å². The first-order valence-electron chi connectivity index (χ1n) is 16.9. The van der Waals surface area contributed by atoms with Crippen LogP contribution in [0.4, 0.5) is 5.69 Å². The van der Waals surface area contributed by atoms with Crippen LogP contribution in [0.3, 0.4) is 0 Å². The Morgan fingerprint density at radius 1 is 0.780 bits per heavy atom. The van der Waals surface area contributed by atoms with E-state index in [1.165, 1.54) is 26.2 Å². The van der Waals surface area contributed by atoms with Crippen LogP contribution in [0.1, 0.15) is 77.9 Å². The van der Waals surface area contributed by atoms with Gasteiger partial charge in [-0.3, -0.25) is 14.4 Å². The monoisotopic (exact) mass is 675 g/mol. The molecule has 0 radical (unpaired) electrons. The van der Waals surface area contributed by atoms with Crippen molar-refractivity contribution >= 4 is 40.2 Å². The van der Waals surface area contributed by atoms with Crippen molar-refractivity contribution in [2.45, 2.75) is 64.8 Å². The van der Waals surface area contributed by atoms with Crippen LogP contribution in [0.5, 0.6) is 11.5 Å². The van der Waals surface area contributed by atoms with Crippen LogP contribution >= 0.6 is 0 Å². The van der Waals surface area contributed by atoms with Gasteiger partial charge in [0.15, 0.2) is 11.4 Å². The Morgan fingerprint density at radius 2 is 1.46 bits per heavy atom. The fourth-order valence-electron chi connectivity index (χ4n) is 5.34. The van der Waals surface area contributed by atoms with E-state index in [4.69, 9.17) is 14.0 Å². The van der Waals surface area contributed by atoms with Crippen LogP contribution in [0.25, 0.3) is 11.0 Å². The molecule has 0 saturated carbocycles. The second-order valence-electron chi connectivity index (χ2n) is 12.1. The minimum atomic E-state index is -0.773. The summed E-state index contributed by atoms with van der Waals surface area (Å²) in [6, 6.07) is 26.6. The molecule has 2 amide bonds. The predicted molar refractivity (Wildman–Crippen MR) is 191 cm³/mol. The zero-order valence-electron chi connectivity index (χ0n) is 28.3.